The van der Waals surface area contributed by atoms with Crippen LogP contribution in [0.15, 0.2) is 30.3 Å². The van der Waals surface area contributed by atoms with Crippen molar-refractivity contribution in [1.82, 2.24) is 5.32 Å². The number of rotatable bonds is 3. The predicted octanol–water partition coefficient (Wildman–Crippen LogP) is 4.11. The summed E-state index contributed by atoms with van der Waals surface area (Å²) in [6.07, 6.45) is 0. The lowest BCUT2D eigenvalue weighted by Gasteiger charge is -2.23. The van der Waals surface area contributed by atoms with Crippen LogP contribution < -0.4 is 15.5 Å². The van der Waals surface area contributed by atoms with E-state index in [4.69, 9.17) is 10.2 Å². The molecule has 1 aliphatic rings. The maximum absolute atomic E-state index is 12.1. The molecular weight excluding hydrogens is 328 g/mol. The SMILES string of the molecule is C[Si](C)Oc1cc(C(C)(C)C)ccc1-c1ccc(N)c2c1CNC2=O. The van der Waals surface area contributed by atoms with Crippen molar-refractivity contribution >= 4 is 20.6 Å². The average Bonchev–Trinajstić information content (AvgIpc) is 2.90. The maximum Gasteiger partial charge on any atom is 0.274 e. The predicted molar refractivity (Wildman–Crippen MR) is 104 cm³/mol. The van der Waals surface area contributed by atoms with Gasteiger partial charge in [0.2, 0.25) is 0 Å². The second-order valence-electron chi connectivity index (χ2n) is 7.71. The average molecular weight is 354 g/mol. The number of nitrogens with one attached hydrogen (secondary N) is 1. The third-order valence-corrected chi connectivity index (χ3v) is 5.08. The van der Waals surface area contributed by atoms with Gasteiger partial charge in [0.1, 0.15) is 5.75 Å². The van der Waals surface area contributed by atoms with Crippen LogP contribution >= 0.6 is 0 Å². The van der Waals surface area contributed by atoms with Gasteiger partial charge in [0.25, 0.3) is 14.9 Å². The van der Waals surface area contributed by atoms with E-state index in [9.17, 15) is 4.79 Å². The molecule has 0 aliphatic carbocycles. The second-order valence-corrected chi connectivity index (χ2v) is 9.73. The van der Waals surface area contributed by atoms with E-state index in [2.05, 4.69) is 57.4 Å². The minimum Gasteiger partial charge on any atom is -0.542 e. The molecule has 0 unspecified atom stereocenters. The lowest BCUT2D eigenvalue weighted by atomic mass is 9.85. The number of nitrogens with two attached hydrogens (primary N) is 1. The molecule has 1 radical (unpaired) electrons. The van der Waals surface area contributed by atoms with Crippen LogP contribution in [-0.2, 0) is 12.0 Å². The summed E-state index contributed by atoms with van der Waals surface area (Å²) >= 11 is 0. The van der Waals surface area contributed by atoms with E-state index in [1.807, 2.05) is 12.1 Å². The zero-order chi connectivity index (χ0) is 18.4. The van der Waals surface area contributed by atoms with Crippen LogP contribution in [0.4, 0.5) is 5.69 Å². The van der Waals surface area contributed by atoms with Crippen LogP contribution in [-0.4, -0.2) is 14.9 Å². The quantitative estimate of drug-likeness (QED) is 0.645. The summed E-state index contributed by atoms with van der Waals surface area (Å²) in [7, 11) is -0.917. The number of fused-ring (bicyclic) bond motifs is 1. The topological polar surface area (TPSA) is 64.3 Å². The molecule has 5 heteroatoms. The lowest BCUT2D eigenvalue weighted by Crippen LogP contribution is -2.15. The first-order valence-electron chi connectivity index (χ1n) is 8.51. The Labute approximate surface area is 151 Å². The number of benzene rings is 2. The first-order chi connectivity index (χ1) is 11.7. The van der Waals surface area contributed by atoms with E-state index in [1.165, 1.54) is 5.56 Å². The molecular formula is C20H25N2O2Si. The van der Waals surface area contributed by atoms with Crippen molar-refractivity contribution in [3.63, 3.8) is 0 Å². The highest BCUT2D eigenvalue weighted by molar-refractivity contribution is 6.49. The molecule has 4 nitrogen and oxygen atoms in total. The highest BCUT2D eigenvalue weighted by atomic mass is 28.3. The normalized spacial score (nSPS) is 13.8. The van der Waals surface area contributed by atoms with Crippen LogP contribution in [0.2, 0.25) is 13.1 Å². The van der Waals surface area contributed by atoms with Gasteiger partial charge < -0.3 is 15.5 Å². The fourth-order valence-electron chi connectivity index (χ4n) is 3.14. The van der Waals surface area contributed by atoms with E-state index < -0.39 is 9.04 Å². The van der Waals surface area contributed by atoms with Crippen LogP contribution in [0.25, 0.3) is 11.1 Å². The molecule has 1 amide bonds. The van der Waals surface area contributed by atoms with Gasteiger partial charge in [-0.25, -0.2) is 0 Å². The molecule has 0 aromatic heterocycles. The van der Waals surface area contributed by atoms with Gasteiger partial charge in [0.05, 0.1) is 5.56 Å². The monoisotopic (exact) mass is 353 g/mol. The number of carbonyl (C=O) groups excluding carboxylic acids is 1. The zero-order valence-electron chi connectivity index (χ0n) is 15.5. The number of hydrogen-bond acceptors (Lipinski definition) is 3. The van der Waals surface area contributed by atoms with Gasteiger partial charge in [-0.2, -0.15) is 0 Å². The largest absolute Gasteiger partial charge is 0.542 e. The number of hydrogen-bond donors (Lipinski definition) is 2. The molecule has 3 rings (SSSR count). The number of carbonyl (C=O) groups is 1. The van der Waals surface area contributed by atoms with Crippen molar-refractivity contribution in [2.24, 2.45) is 0 Å². The first kappa shape index (κ1) is 17.5. The van der Waals surface area contributed by atoms with Gasteiger partial charge in [0, 0.05) is 17.8 Å². The molecule has 25 heavy (non-hydrogen) atoms. The van der Waals surface area contributed by atoms with Gasteiger partial charge in [-0.15, -0.1) is 0 Å². The summed E-state index contributed by atoms with van der Waals surface area (Å²) in [5.41, 5.74) is 11.4. The summed E-state index contributed by atoms with van der Waals surface area (Å²) in [5, 5.41) is 2.88. The molecule has 0 bridgehead atoms. The molecule has 0 atom stereocenters. The Bertz CT molecular complexity index is 838. The molecule has 0 saturated carbocycles. The second kappa shape index (κ2) is 6.22. The fraction of sp³-hybridized carbons (Fsp3) is 0.350. The highest BCUT2D eigenvalue weighted by Crippen LogP contribution is 2.39. The van der Waals surface area contributed by atoms with Crippen molar-refractivity contribution in [3.8, 4) is 16.9 Å². The summed E-state index contributed by atoms with van der Waals surface area (Å²) in [6, 6.07) is 10.2. The Morgan fingerprint density at radius 3 is 2.44 bits per heavy atom. The summed E-state index contributed by atoms with van der Waals surface area (Å²) < 4.78 is 6.22. The van der Waals surface area contributed by atoms with Gasteiger partial charge in [0.15, 0.2) is 0 Å². The Balaban J connectivity index is 2.19. The Kier molecular flexibility index (Phi) is 4.37. The van der Waals surface area contributed by atoms with Crippen molar-refractivity contribution in [3.05, 3.63) is 47.0 Å². The smallest absolute Gasteiger partial charge is 0.274 e. The van der Waals surface area contributed by atoms with Crippen molar-refractivity contribution in [1.29, 1.82) is 0 Å². The number of amides is 1. The highest BCUT2D eigenvalue weighted by Gasteiger charge is 2.26. The molecule has 3 N–H and O–H groups in total. The molecule has 0 fully saturated rings. The van der Waals surface area contributed by atoms with Gasteiger partial charge in [-0.1, -0.05) is 39.0 Å². The third-order valence-electron chi connectivity index (χ3n) is 4.45. The molecule has 0 saturated heterocycles. The van der Waals surface area contributed by atoms with Crippen LogP contribution in [0, 0.1) is 0 Å². The molecule has 1 aliphatic heterocycles. The van der Waals surface area contributed by atoms with Gasteiger partial charge in [-0.3, -0.25) is 4.79 Å². The number of anilines is 1. The van der Waals surface area contributed by atoms with Crippen molar-refractivity contribution in [2.75, 3.05) is 5.73 Å². The third kappa shape index (κ3) is 3.29. The van der Waals surface area contributed by atoms with Gasteiger partial charge >= 0.3 is 0 Å². The summed E-state index contributed by atoms with van der Waals surface area (Å²) in [6.45, 7) is 11.3. The van der Waals surface area contributed by atoms with E-state index in [-0.39, 0.29) is 11.3 Å². The van der Waals surface area contributed by atoms with E-state index in [1.54, 1.807) is 0 Å². The number of nitrogen functional groups attached to an aromatic ring is 1. The lowest BCUT2D eigenvalue weighted by molar-refractivity contribution is 0.0966. The standard InChI is InChI=1S/C20H25N2O2Si/c1-20(2,3)12-6-7-14(17(10-12)24-25(4)5)13-8-9-16(21)18-15(13)11-22-19(18)23/h6-10H,11,21H2,1-5H3,(H,22,23). The van der Waals surface area contributed by atoms with Crippen molar-refractivity contribution in [2.45, 2.75) is 45.8 Å². The van der Waals surface area contributed by atoms with E-state index in [0.717, 1.165) is 22.4 Å². The van der Waals surface area contributed by atoms with Crippen LogP contribution in [0.1, 0.15) is 42.3 Å². The maximum atomic E-state index is 12.1. The Morgan fingerprint density at radius 2 is 1.80 bits per heavy atom. The van der Waals surface area contributed by atoms with Crippen LogP contribution in [0.3, 0.4) is 0 Å². The Morgan fingerprint density at radius 1 is 1.12 bits per heavy atom. The van der Waals surface area contributed by atoms with Crippen molar-refractivity contribution < 1.29 is 9.22 Å². The van der Waals surface area contributed by atoms with Gasteiger partial charge in [-0.05, 0) is 47.3 Å². The molecule has 0 spiro atoms. The van der Waals surface area contributed by atoms with E-state index >= 15 is 0 Å². The minimum atomic E-state index is -0.917. The Hall–Kier alpha value is -2.27. The summed E-state index contributed by atoms with van der Waals surface area (Å²) in [5.74, 6) is 0.788. The molecule has 131 valence electrons. The molecule has 2 aromatic rings. The molecule has 1 heterocycles. The summed E-state index contributed by atoms with van der Waals surface area (Å²) in [4.78, 5) is 12.1. The first-order valence-corrected chi connectivity index (χ1v) is 10.9. The molecule has 2 aromatic carbocycles. The zero-order valence-corrected chi connectivity index (χ0v) is 16.5. The minimum absolute atomic E-state index is 0.0472. The fourth-order valence-corrected chi connectivity index (χ4v) is 3.75. The van der Waals surface area contributed by atoms with E-state index in [0.29, 0.717) is 17.8 Å². The van der Waals surface area contributed by atoms with Crippen LogP contribution in [0.5, 0.6) is 5.75 Å².